The number of hydrogen-bond donors (Lipinski definition) is 3. The highest BCUT2D eigenvalue weighted by atomic mass is 16.5. The minimum Gasteiger partial charge on any atom is -0.480 e. The number of ether oxygens (including phenoxy) is 2. The summed E-state index contributed by atoms with van der Waals surface area (Å²) in [6.07, 6.45) is 0.787. The number of amides is 4. The molecule has 3 rings (SSSR count). The molecule has 1 aromatic carbocycles. The molecule has 1 aromatic rings. The number of methoxy groups -OCH3 is 2. The molecule has 15 heteroatoms. The summed E-state index contributed by atoms with van der Waals surface area (Å²) < 4.78 is 12.0. The number of likely N-dealkylation sites (N-methyl/N-ethyl adjacent to an activating group) is 2. The van der Waals surface area contributed by atoms with Gasteiger partial charge in [0.2, 0.25) is 23.6 Å². The summed E-state index contributed by atoms with van der Waals surface area (Å²) in [6.45, 7) is 24.3. The molecule has 9 atom stereocenters. The van der Waals surface area contributed by atoms with E-state index in [-0.39, 0.29) is 48.3 Å². The number of carboxylic acid groups (broad SMARTS) is 1. The van der Waals surface area contributed by atoms with Gasteiger partial charge in [-0.15, -0.1) is 0 Å². The van der Waals surface area contributed by atoms with Crippen molar-refractivity contribution in [2.75, 3.05) is 74.1 Å². The van der Waals surface area contributed by atoms with Crippen LogP contribution in [0.1, 0.15) is 93.6 Å². The average Bonchev–Trinajstić information content (AvgIpc) is 3.74. The SMILES string of the molecule is CC[C@H](C)[C@@H]([C@@H](CC(=O)N1CCC[C@H]1[C@H](OC)[C@@H](C)C(=O)N[C@@H](Cc1ccccc1)C(=O)O)OC)N(C)C(=O)[C@@H](NC(=O)[C@H](C(C)C)N(C)CCN1CCN(C(C)C)CC1)C(C)C. The quantitative estimate of drug-likeness (QED) is 0.131. The monoisotopic (exact) mass is 886 g/mol. The van der Waals surface area contributed by atoms with E-state index in [1.165, 1.54) is 7.11 Å². The fourth-order valence-corrected chi connectivity index (χ4v) is 9.58. The van der Waals surface area contributed by atoms with Crippen LogP contribution in [0.15, 0.2) is 30.3 Å². The normalized spacial score (nSPS) is 20.3. The summed E-state index contributed by atoms with van der Waals surface area (Å²) in [6, 6.07) is 6.39. The Kier molecular flexibility index (Phi) is 22.0. The number of nitrogens with zero attached hydrogens (tertiary/aromatic N) is 5. The van der Waals surface area contributed by atoms with Gasteiger partial charge < -0.3 is 35.0 Å². The molecule has 0 aliphatic carbocycles. The van der Waals surface area contributed by atoms with Crippen molar-refractivity contribution in [1.82, 2.24) is 35.1 Å². The van der Waals surface area contributed by atoms with E-state index in [1.54, 1.807) is 30.9 Å². The molecule has 2 heterocycles. The van der Waals surface area contributed by atoms with Crippen molar-refractivity contribution in [3.8, 4) is 0 Å². The maximum atomic E-state index is 14.6. The van der Waals surface area contributed by atoms with Gasteiger partial charge in [0.1, 0.15) is 12.1 Å². The molecular weight excluding hydrogens is 803 g/mol. The average molecular weight is 886 g/mol. The van der Waals surface area contributed by atoms with E-state index < -0.39 is 60.2 Å². The lowest BCUT2D eigenvalue weighted by Crippen LogP contribution is -2.60. The van der Waals surface area contributed by atoms with E-state index >= 15 is 0 Å². The van der Waals surface area contributed by atoms with Gasteiger partial charge in [-0.2, -0.15) is 0 Å². The Morgan fingerprint density at radius 3 is 2.00 bits per heavy atom. The molecule has 2 aliphatic rings. The molecule has 63 heavy (non-hydrogen) atoms. The van der Waals surface area contributed by atoms with Crippen LogP contribution in [0.2, 0.25) is 0 Å². The number of carbonyl (C=O) groups excluding carboxylic acids is 4. The van der Waals surface area contributed by atoms with Gasteiger partial charge >= 0.3 is 5.97 Å². The summed E-state index contributed by atoms with van der Waals surface area (Å²) in [4.78, 5) is 79.3. The molecule has 0 saturated carbocycles. The first-order valence-electron chi connectivity index (χ1n) is 23.4. The molecule has 3 N–H and O–H groups in total. The lowest BCUT2D eigenvalue weighted by molar-refractivity contribution is -0.148. The maximum Gasteiger partial charge on any atom is 0.326 e. The van der Waals surface area contributed by atoms with E-state index in [9.17, 15) is 29.1 Å². The van der Waals surface area contributed by atoms with Crippen LogP contribution in [0.4, 0.5) is 0 Å². The van der Waals surface area contributed by atoms with Crippen molar-refractivity contribution in [3.63, 3.8) is 0 Å². The van der Waals surface area contributed by atoms with Crippen molar-refractivity contribution in [2.24, 2.45) is 23.7 Å². The first-order chi connectivity index (χ1) is 29.8. The topological polar surface area (TPSA) is 164 Å². The van der Waals surface area contributed by atoms with Crippen molar-refractivity contribution in [1.29, 1.82) is 0 Å². The van der Waals surface area contributed by atoms with Crippen LogP contribution in [-0.4, -0.2) is 182 Å². The van der Waals surface area contributed by atoms with E-state index in [2.05, 4.69) is 39.2 Å². The Morgan fingerprint density at radius 2 is 1.48 bits per heavy atom. The smallest absolute Gasteiger partial charge is 0.326 e. The molecule has 0 unspecified atom stereocenters. The van der Waals surface area contributed by atoms with Crippen molar-refractivity contribution in [2.45, 2.75) is 143 Å². The zero-order valence-corrected chi connectivity index (χ0v) is 40.8. The molecule has 0 aromatic heterocycles. The summed E-state index contributed by atoms with van der Waals surface area (Å²) in [5, 5.41) is 15.8. The van der Waals surface area contributed by atoms with Gasteiger partial charge in [-0.1, -0.05) is 85.2 Å². The third-order valence-corrected chi connectivity index (χ3v) is 13.7. The molecule has 2 saturated heterocycles. The molecule has 358 valence electrons. The Morgan fingerprint density at radius 1 is 0.841 bits per heavy atom. The second kappa shape index (κ2) is 25.8. The van der Waals surface area contributed by atoms with Gasteiger partial charge in [0.15, 0.2) is 0 Å². The third kappa shape index (κ3) is 15.0. The first kappa shape index (κ1) is 53.7. The van der Waals surface area contributed by atoms with Crippen molar-refractivity contribution in [3.05, 3.63) is 35.9 Å². The number of carboxylic acids is 1. The van der Waals surface area contributed by atoms with Gasteiger partial charge in [-0.05, 0) is 57.1 Å². The summed E-state index contributed by atoms with van der Waals surface area (Å²) in [5.74, 6) is -3.22. The number of rotatable bonds is 25. The number of nitrogens with one attached hydrogen (secondary N) is 2. The second-order valence-corrected chi connectivity index (χ2v) is 19.0. The predicted octanol–water partition coefficient (Wildman–Crippen LogP) is 3.84. The van der Waals surface area contributed by atoms with E-state index in [0.717, 1.165) is 44.8 Å². The Labute approximate surface area is 378 Å². The number of benzene rings is 1. The van der Waals surface area contributed by atoms with Gasteiger partial charge in [0, 0.05) is 79.5 Å². The van der Waals surface area contributed by atoms with E-state index in [1.807, 2.05) is 78.9 Å². The predicted molar refractivity (Wildman–Crippen MR) is 247 cm³/mol. The number of likely N-dealkylation sites (tertiary alicyclic amines) is 1. The molecule has 2 fully saturated rings. The fraction of sp³-hybridized carbons (Fsp3) is 0.771. The van der Waals surface area contributed by atoms with Gasteiger partial charge in [-0.3, -0.25) is 33.9 Å². The van der Waals surface area contributed by atoms with Crippen LogP contribution in [-0.2, 0) is 39.9 Å². The molecular formula is C48H83N7O8. The second-order valence-electron chi connectivity index (χ2n) is 19.0. The highest BCUT2D eigenvalue weighted by Crippen LogP contribution is 2.30. The number of carbonyl (C=O) groups is 5. The lowest BCUT2D eigenvalue weighted by atomic mass is 9.89. The van der Waals surface area contributed by atoms with Crippen LogP contribution < -0.4 is 10.6 Å². The number of aliphatic carboxylic acids is 1. The Hall–Kier alpha value is -3.63. The minimum absolute atomic E-state index is 0.0102. The third-order valence-electron chi connectivity index (χ3n) is 13.7. The molecule has 15 nitrogen and oxygen atoms in total. The zero-order chi connectivity index (χ0) is 47.1. The Bertz CT molecular complexity index is 1590. The lowest BCUT2D eigenvalue weighted by Gasteiger charge is -2.41. The number of piperazine rings is 1. The van der Waals surface area contributed by atoms with Gasteiger partial charge in [0.25, 0.3) is 0 Å². The largest absolute Gasteiger partial charge is 0.480 e. The number of hydrogen-bond acceptors (Lipinski definition) is 10. The minimum atomic E-state index is -1.14. The van der Waals surface area contributed by atoms with Crippen LogP contribution in [0.5, 0.6) is 0 Å². The van der Waals surface area contributed by atoms with Gasteiger partial charge in [-0.25, -0.2) is 4.79 Å². The van der Waals surface area contributed by atoms with Crippen LogP contribution in [0.3, 0.4) is 0 Å². The highest BCUT2D eigenvalue weighted by Gasteiger charge is 2.43. The van der Waals surface area contributed by atoms with E-state index in [4.69, 9.17) is 9.47 Å². The Balaban J connectivity index is 1.73. The zero-order valence-electron chi connectivity index (χ0n) is 40.8. The molecule has 0 bridgehead atoms. The summed E-state index contributed by atoms with van der Waals surface area (Å²) in [7, 11) is 6.79. The van der Waals surface area contributed by atoms with Crippen molar-refractivity contribution >= 4 is 29.6 Å². The summed E-state index contributed by atoms with van der Waals surface area (Å²) >= 11 is 0. The van der Waals surface area contributed by atoms with Crippen molar-refractivity contribution < 1.29 is 38.6 Å². The van der Waals surface area contributed by atoms with Gasteiger partial charge in [0.05, 0.1) is 42.7 Å². The van der Waals surface area contributed by atoms with Crippen LogP contribution >= 0.6 is 0 Å². The molecule has 0 spiro atoms. The highest BCUT2D eigenvalue weighted by molar-refractivity contribution is 5.90. The first-order valence-corrected chi connectivity index (χ1v) is 23.4. The molecule has 2 aliphatic heterocycles. The molecule has 4 amide bonds. The van der Waals surface area contributed by atoms with E-state index in [0.29, 0.717) is 31.8 Å². The molecule has 0 radical (unpaired) electrons. The van der Waals surface area contributed by atoms with Crippen LogP contribution in [0.25, 0.3) is 0 Å². The summed E-state index contributed by atoms with van der Waals surface area (Å²) in [5.41, 5.74) is 0.786. The standard InChI is InChI=1S/C48H83N7O8/c1-14-34(8)43(52(11)47(59)41(31(2)3)50-46(58)42(32(4)5)51(10)23-24-53-25-27-54(28-26-53)33(6)7)39(62-12)30-40(56)55-22-18-21-38(55)44(63-13)35(9)45(57)49-37(48(60)61)29-36-19-16-15-17-20-36/h15-17,19-20,31-35,37-39,41-44H,14,18,21-30H2,1-13H3,(H,49,57)(H,50,58)(H,60,61)/t34-,35+,37-,38-,39+,41-,42-,43-,44+/m0/s1. The fourth-order valence-electron chi connectivity index (χ4n) is 9.58. The van der Waals surface area contributed by atoms with Crippen LogP contribution in [0, 0.1) is 23.7 Å². The maximum absolute atomic E-state index is 14.6.